The molecule has 1 amide bonds. The summed E-state index contributed by atoms with van der Waals surface area (Å²) in [6.45, 7) is 11.7. The van der Waals surface area contributed by atoms with Gasteiger partial charge in [-0.15, -0.1) is 0 Å². The van der Waals surface area contributed by atoms with Crippen LogP contribution in [0.4, 0.5) is 0 Å². The summed E-state index contributed by atoms with van der Waals surface area (Å²) in [5.74, 6) is -0.132. The maximum Gasteiger partial charge on any atom is 0.248 e. The minimum Gasteiger partial charge on any atom is -0.322 e. The summed E-state index contributed by atoms with van der Waals surface area (Å²) in [4.78, 5) is 23.3. The Balaban J connectivity index is 3.09. The van der Waals surface area contributed by atoms with Crippen LogP contribution in [-0.4, -0.2) is 11.7 Å². The van der Waals surface area contributed by atoms with E-state index in [1.54, 1.807) is 12.2 Å². The van der Waals surface area contributed by atoms with Crippen LogP contribution in [0.3, 0.4) is 0 Å². The van der Waals surface area contributed by atoms with Crippen LogP contribution in [0.2, 0.25) is 0 Å². The zero-order valence-electron chi connectivity index (χ0n) is 11.5. The number of hydrogen-bond acceptors (Lipinski definition) is 2. The summed E-state index contributed by atoms with van der Waals surface area (Å²) in [7, 11) is 0. The summed E-state index contributed by atoms with van der Waals surface area (Å²) < 4.78 is 0. The van der Waals surface area contributed by atoms with E-state index in [1.807, 2.05) is 41.5 Å². The second-order valence-corrected chi connectivity index (χ2v) is 6.47. The van der Waals surface area contributed by atoms with Crippen LogP contribution in [0.1, 0.15) is 41.5 Å². The number of allylic oxidation sites excluding steroid dienone is 2. The standard InChI is InChI=1S/C14H21NO2/c1-13(2,3)9-7-12(17)15-10(9)8-11(16)14(4,5)6/h7-8H,1-6H3,(H,15,17)/b10-8-. The van der Waals surface area contributed by atoms with Gasteiger partial charge >= 0.3 is 0 Å². The molecule has 0 aliphatic carbocycles. The van der Waals surface area contributed by atoms with E-state index in [0.717, 1.165) is 5.57 Å². The molecule has 0 unspecified atom stereocenters. The van der Waals surface area contributed by atoms with E-state index in [0.29, 0.717) is 5.70 Å². The Bertz CT molecular complexity index is 414. The molecule has 1 heterocycles. The van der Waals surface area contributed by atoms with Gasteiger partial charge in [-0.3, -0.25) is 9.59 Å². The molecule has 0 bridgehead atoms. The molecule has 0 aromatic rings. The zero-order chi connectivity index (χ0) is 13.4. The minimum absolute atomic E-state index is 0.0184. The number of hydrogen-bond donors (Lipinski definition) is 1. The van der Waals surface area contributed by atoms with E-state index in [2.05, 4.69) is 5.32 Å². The van der Waals surface area contributed by atoms with Gasteiger partial charge in [-0.2, -0.15) is 0 Å². The first kappa shape index (κ1) is 13.7. The van der Waals surface area contributed by atoms with Crippen molar-refractivity contribution in [3.63, 3.8) is 0 Å². The molecule has 0 atom stereocenters. The fourth-order valence-electron chi connectivity index (χ4n) is 1.53. The van der Waals surface area contributed by atoms with Gasteiger partial charge in [-0.25, -0.2) is 0 Å². The monoisotopic (exact) mass is 235 g/mol. The van der Waals surface area contributed by atoms with E-state index < -0.39 is 5.41 Å². The van der Waals surface area contributed by atoms with Gasteiger partial charge < -0.3 is 5.32 Å². The highest BCUT2D eigenvalue weighted by Gasteiger charge is 2.29. The Hall–Kier alpha value is -1.38. The number of amides is 1. The first-order valence-electron chi connectivity index (χ1n) is 5.81. The lowest BCUT2D eigenvalue weighted by molar-refractivity contribution is -0.121. The van der Waals surface area contributed by atoms with Crippen LogP contribution in [0.15, 0.2) is 23.4 Å². The fraction of sp³-hybridized carbons (Fsp3) is 0.571. The van der Waals surface area contributed by atoms with E-state index >= 15 is 0 Å². The lowest BCUT2D eigenvalue weighted by Crippen LogP contribution is -2.23. The molecule has 0 saturated carbocycles. The first-order valence-corrected chi connectivity index (χ1v) is 5.81. The van der Waals surface area contributed by atoms with Crippen molar-refractivity contribution in [2.45, 2.75) is 41.5 Å². The van der Waals surface area contributed by atoms with Gasteiger partial charge in [0.1, 0.15) is 0 Å². The Morgan fingerprint density at radius 1 is 1.18 bits per heavy atom. The molecule has 94 valence electrons. The molecule has 0 fully saturated rings. The minimum atomic E-state index is -0.427. The highest BCUT2D eigenvalue weighted by atomic mass is 16.1. The number of nitrogens with one attached hydrogen (secondary N) is 1. The first-order chi connectivity index (χ1) is 7.51. The van der Waals surface area contributed by atoms with Crippen molar-refractivity contribution in [3.8, 4) is 0 Å². The third-order valence-electron chi connectivity index (χ3n) is 2.65. The molecule has 0 aromatic heterocycles. The molecule has 1 rings (SSSR count). The molecular weight excluding hydrogens is 214 g/mol. The summed E-state index contributed by atoms with van der Waals surface area (Å²) in [5, 5.41) is 2.72. The summed E-state index contributed by atoms with van der Waals surface area (Å²) in [6, 6.07) is 0. The highest BCUT2D eigenvalue weighted by Crippen LogP contribution is 2.33. The highest BCUT2D eigenvalue weighted by molar-refractivity contribution is 6.00. The predicted octanol–water partition coefficient (Wildman–Crippen LogP) is 2.59. The maximum atomic E-state index is 11.9. The quantitative estimate of drug-likeness (QED) is 0.710. The van der Waals surface area contributed by atoms with Crippen molar-refractivity contribution in [1.82, 2.24) is 5.32 Å². The van der Waals surface area contributed by atoms with Crippen molar-refractivity contribution in [1.29, 1.82) is 0 Å². The van der Waals surface area contributed by atoms with Crippen LogP contribution in [0.25, 0.3) is 0 Å². The van der Waals surface area contributed by atoms with Gasteiger partial charge in [0.2, 0.25) is 5.91 Å². The van der Waals surface area contributed by atoms with Gasteiger partial charge in [0, 0.05) is 23.3 Å². The molecule has 3 nitrogen and oxygen atoms in total. The number of carbonyl (C=O) groups excluding carboxylic acids is 2. The van der Waals surface area contributed by atoms with Crippen molar-refractivity contribution >= 4 is 11.7 Å². The van der Waals surface area contributed by atoms with Crippen LogP contribution >= 0.6 is 0 Å². The third kappa shape index (κ3) is 3.29. The Labute approximate surface area is 103 Å². The maximum absolute atomic E-state index is 11.9. The number of ketones is 1. The van der Waals surface area contributed by atoms with Crippen molar-refractivity contribution in [2.24, 2.45) is 10.8 Å². The molecule has 0 spiro atoms. The largest absolute Gasteiger partial charge is 0.322 e. The molecule has 0 aromatic carbocycles. The molecular formula is C14H21NO2. The molecule has 17 heavy (non-hydrogen) atoms. The summed E-state index contributed by atoms with van der Waals surface area (Å²) in [5.41, 5.74) is 0.953. The van der Waals surface area contributed by atoms with Crippen LogP contribution < -0.4 is 5.32 Å². The van der Waals surface area contributed by atoms with Gasteiger partial charge in [0.15, 0.2) is 5.78 Å². The third-order valence-corrected chi connectivity index (χ3v) is 2.65. The predicted molar refractivity (Wildman–Crippen MR) is 68.2 cm³/mol. The smallest absolute Gasteiger partial charge is 0.248 e. The lowest BCUT2D eigenvalue weighted by Gasteiger charge is -2.22. The molecule has 1 aliphatic heterocycles. The fourth-order valence-corrected chi connectivity index (χ4v) is 1.53. The Morgan fingerprint density at radius 3 is 2.12 bits per heavy atom. The van der Waals surface area contributed by atoms with E-state index in [9.17, 15) is 9.59 Å². The lowest BCUT2D eigenvalue weighted by atomic mass is 9.83. The topological polar surface area (TPSA) is 46.2 Å². The van der Waals surface area contributed by atoms with Gasteiger partial charge in [0.25, 0.3) is 0 Å². The number of carbonyl (C=O) groups is 2. The van der Waals surface area contributed by atoms with E-state index in [1.165, 1.54) is 0 Å². The summed E-state index contributed by atoms with van der Waals surface area (Å²) in [6.07, 6.45) is 3.11. The van der Waals surface area contributed by atoms with Gasteiger partial charge in [-0.05, 0) is 11.0 Å². The summed E-state index contributed by atoms with van der Waals surface area (Å²) >= 11 is 0. The molecule has 0 saturated heterocycles. The molecule has 1 N–H and O–H groups in total. The Morgan fingerprint density at radius 2 is 1.71 bits per heavy atom. The van der Waals surface area contributed by atoms with Gasteiger partial charge in [-0.1, -0.05) is 41.5 Å². The van der Waals surface area contributed by atoms with Gasteiger partial charge in [0.05, 0.1) is 0 Å². The van der Waals surface area contributed by atoms with Crippen LogP contribution in [-0.2, 0) is 9.59 Å². The molecule has 0 radical (unpaired) electrons. The average Bonchev–Trinajstić information content (AvgIpc) is 2.44. The van der Waals surface area contributed by atoms with Crippen molar-refractivity contribution < 1.29 is 9.59 Å². The SMILES string of the molecule is CC(C)(C)C(=O)/C=C1\NC(=O)C=C1C(C)(C)C. The Kier molecular flexibility index (Phi) is 3.33. The molecule has 3 heteroatoms. The zero-order valence-corrected chi connectivity index (χ0v) is 11.5. The van der Waals surface area contributed by atoms with Crippen molar-refractivity contribution in [3.05, 3.63) is 23.4 Å². The normalized spacial score (nSPS) is 19.3. The number of rotatable bonds is 1. The second-order valence-electron chi connectivity index (χ2n) is 6.47. The van der Waals surface area contributed by atoms with E-state index in [4.69, 9.17) is 0 Å². The molecule has 1 aliphatic rings. The van der Waals surface area contributed by atoms with E-state index in [-0.39, 0.29) is 17.1 Å². The van der Waals surface area contributed by atoms with Crippen molar-refractivity contribution in [2.75, 3.05) is 0 Å². The van der Waals surface area contributed by atoms with Crippen LogP contribution in [0, 0.1) is 10.8 Å². The van der Waals surface area contributed by atoms with Crippen LogP contribution in [0.5, 0.6) is 0 Å². The second kappa shape index (κ2) is 4.13. The average molecular weight is 235 g/mol.